The van der Waals surface area contributed by atoms with E-state index < -0.39 is 9.84 Å². The molecule has 0 amide bonds. The van der Waals surface area contributed by atoms with Crippen LogP contribution in [0, 0.1) is 0 Å². The molecule has 0 aliphatic carbocycles. The Morgan fingerprint density at radius 2 is 1.23 bits per heavy atom. The average molecular weight is 214 g/mol. The normalized spacial score (nSPS) is 9.54. The summed E-state index contributed by atoms with van der Waals surface area (Å²) in [6.07, 6.45) is 1.48. The maximum absolute atomic E-state index is 10.8. The Morgan fingerprint density at radius 3 is 1.38 bits per heavy atom. The lowest BCUT2D eigenvalue weighted by Gasteiger charge is -1.96. The fourth-order valence-corrected chi connectivity index (χ4v) is 2.17. The highest BCUT2D eigenvalue weighted by atomic mass is 32.2. The van der Waals surface area contributed by atoms with E-state index in [1.54, 1.807) is 6.92 Å². The summed E-state index contributed by atoms with van der Waals surface area (Å²) >= 11 is 0. The molecule has 0 bridgehead atoms. The average Bonchev–Trinajstić information content (AvgIpc) is 1.88. The van der Waals surface area contributed by atoms with E-state index in [2.05, 4.69) is 0 Å². The van der Waals surface area contributed by atoms with E-state index in [4.69, 9.17) is 5.11 Å². The molecular weight excluding hydrogens is 192 g/mol. The van der Waals surface area contributed by atoms with Crippen LogP contribution < -0.4 is 0 Å². The highest BCUT2D eigenvalue weighted by Gasteiger charge is 2.05. The Morgan fingerprint density at radius 1 is 1.00 bits per heavy atom. The second-order valence-electron chi connectivity index (χ2n) is 2.47. The minimum Gasteiger partial charge on any atom is -0.412 e. The van der Waals surface area contributed by atoms with Crippen LogP contribution in [0.3, 0.4) is 0 Å². The van der Waals surface area contributed by atoms with Crippen LogP contribution in [0.2, 0.25) is 0 Å². The van der Waals surface area contributed by atoms with Crippen LogP contribution in [0.25, 0.3) is 0 Å². The molecule has 13 heavy (non-hydrogen) atoms. The first kappa shape index (κ1) is 18.6. The molecule has 0 saturated carbocycles. The molecule has 0 aromatic rings. The topological polar surface area (TPSA) is 85.9 Å². The van der Waals surface area contributed by atoms with Crippen molar-refractivity contribution in [3.63, 3.8) is 0 Å². The molecule has 0 aliphatic rings. The van der Waals surface area contributed by atoms with Crippen molar-refractivity contribution < 1.29 is 19.0 Å². The number of aliphatic hydroxyl groups excluding tert-OH is 1. The Labute approximate surface area is 81.2 Å². The van der Waals surface area contributed by atoms with Crippen LogP contribution in [0.5, 0.6) is 0 Å². The first-order valence-corrected chi connectivity index (χ1v) is 6.17. The molecule has 84 valence electrons. The summed E-state index contributed by atoms with van der Waals surface area (Å²) < 4.78 is 21.7. The van der Waals surface area contributed by atoms with Crippen LogP contribution in [0.1, 0.15) is 33.6 Å². The highest BCUT2D eigenvalue weighted by Crippen LogP contribution is 1.94. The minimum absolute atomic E-state index is 0. The second-order valence-corrected chi connectivity index (χ2v) is 4.77. The zero-order valence-electron chi connectivity index (χ0n) is 8.71. The molecule has 0 rings (SSSR count). The number of sulfone groups is 1. The Hall–Kier alpha value is -0.130. The first-order chi connectivity index (χ1) is 5.54. The summed E-state index contributed by atoms with van der Waals surface area (Å²) in [6, 6.07) is 0. The zero-order valence-corrected chi connectivity index (χ0v) is 9.52. The van der Waals surface area contributed by atoms with Crippen molar-refractivity contribution in [2.75, 3.05) is 18.1 Å². The number of hydrogen-bond donors (Lipinski definition) is 1. The molecule has 0 aliphatic heterocycles. The van der Waals surface area contributed by atoms with Crippen molar-refractivity contribution in [3.8, 4) is 0 Å². The Bertz CT molecular complexity index is 151. The number of rotatable bonds is 4. The summed E-state index contributed by atoms with van der Waals surface area (Å²) in [5, 5.41) is 7.57. The number of hydrogen-bond acceptors (Lipinski definition) is 3. The van der Waals surface area contributed by atoms with Gasteiger partial charge in [-0.15, -0.1) is 0 Å². The van der Waals surface area contributed by atoms with E-state index in [-0.39, 0.29) is 12.1 Å². The largest absolute Gasteiger partial charge is 0.412 e. The van der Waals surface area contributed by atoms with Gasteiger partial charge in [-0.1, -0.05) is 13.8 Å². The van der Waals surface area contributed by atoms with E-state index in [0.717, 1.165) is 12.8 Å². The molecule has 0 unspecified atom stereocenters. The van der Waals surface area contributed by atoms with Gasteiger partial charge >= 0.3 is 0 Å². The number of aliphatic hydroxyl groups is 1. The quantitative estimate of drug-likeness (QED) is 0.734. The Balaban J connectivity index is -0.000000220. The van der Waals surface area contributed by atoms with E-state index in [1.807, 2.05) is 13.8 Å². The van der Waals surface area contributed by atoms with Crippen molar-refractivity contribution in [2.24, 2.45) is 0 Å². The van der Waals surface area contributed by atoms with E-state index >= 15 is 0 Å². The monoisotopic (exact) mass is 214 g/mol. The maximum atomic E-state index is 10.8. The third-order valence-corrected chi connectivity index (χ3v) is 3.09. The van der Waals surface area contributed by atoms with Gasteiger partial charge in [0.1, 0.15) is 9.84 Å². The zero-order chi connectivity index (χ0) is 10.0. The predicted molar refractivity (Wildman–Crippen MR) is 55.6 cm³/mol. The predicted octanol–water partition coefficient (Wildman–Crippen LogP) is 0.395. The molecule has 5 heteroatoms. The summed E-state index contributed by atoms with van der Waals surface area (Å²) in [5.41, 5.74) is 0. The van der Waals surface area contributed by atoms with Gasteiger partial charge in [-0.25, -0.2) is 8.42 Å². The first-order valence-electron chi connectivity index (χ1n) is 4.35. The highest BCUT2D eigenvalue weighted by molar-refractivity contribution is 7.91. The van der Waals surface area contributed by atoms with Crippen molar-refractivity contribution in [1.29, 1.82) is 0 Å². The van der Waals surface area contributed by atoms with Crippen LogP contribution in [-0.4, -0.2) is 37.1 Å². The van der Waals surface area contributed by atoms with Gasteiger partial charge in [0.05, 0.1) is 0 Å². The lowest BCUT2D eigenvalue weighted by Crippen LogP contribution is -2.08. The fourth-order valence-electron chi connectivity index (χ4n) is 0.724. The minimum atomic E-state index is -2.68. The van der Waals surface area contributed by atoms with Gasteiger partial charge in [0.15, 0.2) is 0 Å². The van der Waals surface area contributed by atoms with Gasteiger partial charge in [0.25, 0.3) is 0 Å². The molecule has 0 aromatic carbocycles. The molecule has 0 radical (unpaired) electrons. The summed E-state index contributed by atoms with van der Waals surface area (Å²) in [7, 11) is -2.68. The maximum Gasteiger partial charge on any atom is 0.150 e. The molecule has 0 fully saturated rings. The molecule has 4 nitrogen and oxygen atoms in total. The van der Waals surface area contributed by atoms with Crippen LogP contribution >= 0.6 is 0 Å². The molecule has 3 N–H and O–H groups in total. The van der Waals surface area contributed by atoms with Gasteiger partial charge in [-0.3, -0.25) is 0 Å². The molecule has 0 heterocycles. The lowest BCUT2D eigenvalue weighted by atomic mass is 10.6. The van der Waals surface area contributed by atoms with E-state index in [9.17, 15) is 8.42 Å². The Kier molecular flexibility index (Phi) is 17.0. The smallest absolute Gasteiger partial charge is 0.150 e. The molecule has 0 atom stereocenters. The van der Waals surface area contributed by atoms with Gasteiger partial charge in [-0.05, 0) is 19.8 Å². The standard InChI is InChI=1S/C6H14O2S.C2H6O.H2O/c1-3-5-9(7,8)6-4-2;1-2-3;/h3-6H2,1-2H3;3H,2H2,1H3;1H2. The van der Waals surface area contributed by atoms with Crippen LogP contribution in [0.4, 0.5) is 0 Å². The summed E-state index contributed by atoms with van der Waals surface area (Å²) in [5.74, 6) is 0.696. The van der Waals surface area contributed by atoms with E-state index in [1.165, 1.54) is 0 Å². The van der Waals surface area contributed by atoms with Crippen molar-refractivity contribution in [1.82, 2.24) is 0 Å². The van der Waals surface area contributed by atoms with Crippen molar-refractivity contribution in [3.05, 3.63) is 0 Å². The van der Waals surface area contributed by atoms with Gasteiger partial charge in [0.2, 0.25) is 0 Å². The third-order valence-electron chi connectivity index (χ3n) is 1.03. The molecule has 0 aromatic heterocycles. The van der Waals surface area contributed by atoms with Crippen molar-refractivity contribution >= 4 is 9.84 Å². The van der Waals surface area contributed by atoms with E-state index in [0.29, 0.717) is 11.5 Å². The SMILES string of the molecule is CCCS(=O)(=O)CCC.CCO.O. The lowest BCUT2D eigenvalue weighted by molar-refractivity contribution is 0.318. The van der Waals surface area contributed by atoms with Crippen molar-refractivity contribution in [2.45, 2.75) is 33.6 Å². The second kappa shape index (κ2) is 11.9. The van der Waals surface area contributed by atoms with Crippen LogP contribution in [-0.2, 0) is 9.84 Å². The summed E-state index contributed by atoms with van der Waals surface area (Å²) in [6.45, 7) is 5.69. The van der Waals surface area contributed by atoms with Gasteiger partial charge in [-0.2, -0.15) is 0 Å². The fraction of sp³-hybridized carbons (Fsp3) is 1.00. The molecule has 0 spiro atoms. The third kappa shape index (κ3) is 18.7. The molecule has 0 saturated heterocycles. The van der Waals surface area contributed by atoms with Gasteiger partial charge < -0.3 is 10.6 Å². The summed E-state index contributed by atoms with van der Waals surface area (Å²) in [4.78, 5) is 0. The van der Waals surface area contributed by atoms with Gasteiger partial charge in [0, 0.05) is 18.1 Å². The molecular formula is C8H22O4S. The van der Waals surface area contributed by atoms with Crippen LogP contribution in [0.15, 0.2) is 0 Å².